The number of rotatable bonds is 6. The van der Waals surface area contributed by atoms with Crippen LogP contribution in [0.1, 0.15) is 29.8 Å². The molecule has 0 saturated carbocycles. The number of methoxy groups -OCH3 is 2. The number of ether oxygens (including phenoxy) is 3. The maximum absolute atomic E-state index is 13.2. The Morgan fingerprint density at radius 3 is 2.19 bits per heavy atom. The van der Waals surface area contributed by atoms with Gasteiger partial charge in [0.1, 0.15) is 0 Å². The van der Waals surface area contributed by atoms with Gasteiger partial charge in [0.05, 0.1) is 32.1 Å². The van der Waals surface area contributed by atoms with E-state index in [4.69, 9.17) is 14.2 Å². The lowest BCUT2D eigenvalue weighted by molar-refractivity contribution is -0.112. The molecule has 9 nitrogen and oxygen atoms in total. The Morgan fingerprint density at radius 2 is 1.62 bits per heavy atom. The molecule has 10 heteroatoms. The van der Waals surface area contributed by atoms with Gasteiger partial charge in [0.25, 0.3) is 15.9 Å². The van der Waals surface area contributed by atoms with E-state index in [2.05, 4.69) is 5.32 Å². The van der Waals surface area contributed by atoms with Crippen LogP contribution in [0.5, 0.6) is 11.5 Å². The van der Waals surface area contributed by atoms with Crippen LogP contribution in [0.15, 0.2) is 41.3 Å². The minimum atomic E-state index is -4.13. The van der Waals surface area contributed by atoms with Crippen LogP contribution in [-0.2, 0) is 19.6 Å². The van der Waals surface area contributed by atoms with E-state index >= 15 is 0 Å². The maximum atomic E-state index is 13.2. The van der Waals surface area contributed by atoms with Gasteiger partial charge < -0.3 is 19.5 Å². The van der Waals surface area contributed by atoms with E-state index in [0.717, 1.165) is 4.31 Å². The lowest BCUT2D eigenvalue weighted by Crippen LogP contribution is -2.36. The molecule has 3 rings (SSSR count). The SMILES string of the molecule is CCOC(=O)c1ccc(NC(=O)C2=C(C)c3cc(OC)c(OC)cc3N(C)S2(=O)=O)cc1. The van der Waals surface area contributed by atoms with Gasteiger partial charge in [-0.3, -0.25) is 9.10 Å². The molecule has 0 atom stereocenters. The number of amides is 1. The third kappa shape index (κ3) is 4.01. The number of hydrogen-bond acceptors (Lipinski definition) is 7. The average Bonchev–Trinajstić information content (AvgIpc) is 2.77. The summed E-state index contributed by atoms with van der Waals surface area (Å²) in [6.07, 6.45) is 0. The van der Waals surface area contributed by atoms with Crippen LogP contribution in [0.3, 0.4) is 0 Å². The fourth-order valence-electron chi connectivity index (χ4n) is 3.39. The van der Waals surface area contributed by atoms with E-state index < -0.39 is 21.9 Å². The van der Waals surface area contributed by atoms with Crippen molar-refractivity contribution in [3.8, 4) is 11.5 Å². The Kier molecular flexibility index (Phi) is 6.45. The largest absolute Gasteiger partial charge is 0.493 e. The Bertz CT molecular complexity index is 1200. The highest BCUT2D eigenvalue weighted by molar-refractivity contribution is 7.97. The highest BCUT2D eigenvalue weighted by Gasteiger charge is 2.38. The second-order valence-electron chi connectivity index (χ2n) is 6.90. The highest BCUT2D eigenvalue weighted by atomic mass is 32.2. The Hall–Kier alpha value is -3.53. The van der Waals surface area contributed by atoms with Crippen molar-refractivity contribution in [2.75, 3.05) is 37.5 Å². The number of hydrogen-bond donors (Lipinski definition) is 1. The molecule has 0 spiro atoms. The van der Waals surface area contributed by atoms with Crippen molar-refractivity contribution in [1.29, 1.82) is 0 Å². The van der Waals surface area contributed by atoms with Crippen LogP contribution >= 0.6 is 0 Å². The van der Waals surface area contributed by atoms with Crippen molar-refractivity contribution in [2.24, 2.45) is 0 Å². The zero-order valence-electron chi connectivity index (χ0n) is 18.4. The number of nitrogens with one attached hydrogen (secondary N) is 1. The molecule has 1 heterocycles. The number of nitrogens with zero attached hydrogens (tertiary/aromatic N) is 1. The van der Waals surface area contributed by atoms with Crippen LogP contribution < -0.4 is 19.1 Å². The third-order valence-corrected chi connectivity index (χ3v) is 6.99. The predicted octanol–water partition coefficient (Wildman–Crippen LogP) is 3.03. The zero-order valence-corrected chi connectivity index (χ0v) is 19.2. The number of esters is 1. The molecule has 170 valence electrons. The average molecular weight is 461 g/mol. The number of fused-ring (bicyclic) bond motifs is 1. The molecule has 1 aliphatic rings. The Balaban J connectivity index is 2.00. The summed E-state index contributed by atoms with van der Waals surface area (Å²) < 4.78 is 42.9. The van der Waals surface area contributed by atoms with Gasteiger partial charge in [0.15, 0.2) is 16.4 Å². The van der Waals surface area contributed by atoms with Crippen molar-refractivity contribution in [2.45, 2.75) is 13.8 Å². The molecule has 0 aromatic heterocycles. The molecule has 0 bridgehead atoms. The molecular formula is C22H24N2O7S. The summed E-state index contributed by atoms with van der Waals surface area (Å²) in [7, 11) is 0.169. The molecule has 0 fully saturated rings. The first-order valence-corrected chi connectivity index (χ1v) is 11.1. The zero-order chi connectivity index (χ0) is 23.6. The smallest absolute Gasteiger partial charge is 0.338 e. The molecule has 1 aliphatic heterocycles. The monoisotopic (exact) mass is 460 g/mol. The summed E-state index contributed by atoms with van der Waals surface area (Å²) in [6.45, 7) is 3.51. The standard InChI is InChI=1S/C22H24N2O7S/c1-6-31-22(26)14-7-9-15(10-8-14)23-21(25)20-13(2)16-11-18(29-4)19(30-5)12-17(16)24(3)32(20,27)28/h7-12H,6H2,1-5H3,(H,23,25). The number of carbonyl (C=O) groups is 2. The minimum Gasteiger partial charge on any atom is -0.493 e. The molecule has 0 saturated heterocycles. The van der Waals surface area contributed by atoms with Crippen LogP contribution in [0.2, 0.25) is 0 Å². The van der Waals surface area contributed by atoms with E-state index in [0.29, 0.717) is 34.0 Å². The summed E-state index contributed by atoms with van der Waals surface area (Å²) in [6, 6.07) is 9.17. The van der Waals surface area contributed by atoms with Crippen molar-refractivity contribution in [1.82, 2.24) is 0 Å². The highest BCUT2D eigenvalue weighted by Crippen LogP contribution is 2.44. The first kappa shape index (κ1) is 23.1. The van der Waals surface area contributed by atoms with Crippen molar-refractivity contribution < 1.29 is 32.2 Å². The predicted molar refractivity (Wildman–Crippen MR) is 120 cm³/mol. The van der Waals surface area contributed by atoms with E-state index in [1.807, 2.05) is 0 Å². The van der Waals surface area contributed by atoms with Gasteiger partial charge >= 0.3 is 5.97 Å². The van der Waals surface area contributed by atoms with E-state index in [1.165, 1.54) is 45.5 Å². The molecule has 1 N–H and O–H groups in total. The summed E-state index contributed by atoms with van der Waals surface area (Å²) in [5.41, 5.74) is 1.83. The van der Waals surface area contributed by atoms with E-state index in [-0.39, 0.29) is 17.1 Å². The number of benzene rings is 2. The Morgan fingerprint density at radius 1 is 1.03 bits per heavy atom. The molecule has 32 heavy (non-hydrogen) atoms. The second-order valence-corrected chi connectivity index (χ2v) is 8.81. The van der Waals surface area contributed by atoms with Crippen molar-refractivity contribution in [3.05, 3.63) is 52.4 Å². The second kappa shape index (κ2) is 8.91. The van der Waals surface area contributed by atoms with E-state index in [9.17, 15) is 18.0 Å². The lowest BCUT2D eigenvalue weighted by atomic mass is 10.0. The third-order valence-electron chi connectivity index (χ3n) is 5.06. The molecule has 1 amide bonds. The molecule has 0 aliphatic carbocycles. The van der Waals surface area contributed by atoms with Gasteiger partial charge in [0.2, 0.25) is 0 Å². The number of allylic oxidation sites excluding steroid dienone is 1. The number of anilines is 2. The summed E-state index contributed by atoms with van der Waals surface area (Å²) in [5, 5.41) is 2.59. The topological polar surface area (TPSA) is 111 Å². The van der Waals surface area contributed by atoms with Crippen molar-refractivity contribution in [3.63, 3.8) is 0 Å². The summed E-state index contributed by atoms with van der Waals surface area (Å²) in [4.78, 5) is 24.4. The van der Waals surface area contributed by atoms with Crippen LogP contribution in [0.25, 0.3) is 5.57 Å². The van der Waals surface area contributed by atoms with Crippen molar-refractivity contribution >= 4 is 38.8 Å². The number of sulfonamides is 1. The van der Waals surface area contributed by atoms with Gasteiger partial charge in [-0.1, -0.05) is 0 Å². The minimum absolute atomic E-state index is 0.244. The van der Waals surface area contributed by atoms with Crippen LogP contribution in [0, 0.1) is 0 Å². The fraction of sp³-hybridized carbons (Fsp3) is 0.273. The maximum Gasteiger partial charge on any atom is 0.338 e. The van der Waals surface area contributed by atoms with Gasteiger partial charge in [0, 0.05) is 24.4 Å². The first-order chi connectivity index (χ1) is 15.1. The van der Waals surface area contributed by atoms with Gasteiger partial charge in [-0.05, 0) is 49.8 Å². The lowest BCUT2D eigenvalue weighted by Gasteiger charge is -2.30. The quantitative estimate of drug-likeness (QED) is 0.660. The summed E-state index contributed by atoms with van der Waals surface area (Å²) in [5.74, 6) is -0.497. The van der Waals surface area contributed by atoms with Gasteiger partial charge in [-0.25, -0.2) is 13.2 Å². The molecule has 2 aromatic rings. The molecule has 0 radical (unpaired) electrons. The van der Waals surface area contributed by atoms with Crippen LogP contribution in [-0.4, -0.2) is 48.2 Å². The fourth-order valence-corrected chi connectivity index (χ4v) is 4.86. The normalized spacial score (nSPS) is 14.5. The summed E-state index contributed by atoms with van der Waals surface area (Å²) >= 11 is 0. The molecular weight excluding hydrogens is 436 g/mol. The molecule has 0 unspecified atom stereocenters. The van der Waals surface area contributed by atoms with Crippen LogP contribution in [0.4, 0.5) is 11.4 Å². The molecule has 2 aromatic carbocycles. The van der Waals surface area contributed by atoms with E-state index in [1.54, 1.807) is 26.0 Å². The first-order valence-electron chi connectivity index (χ1n) is 9.70. The Labute approximate surface area is 186 Å². The van der Waals surface area contributed by atoms with Gasteiger partial charge in [-0.15, -0.1) is 0 Å². The van der Waals surface area contributed by atoms with Gasteiger partial charge in [-0.2, -0.15) is 0 Å². The number of carbonyl (C=O) groups excluding carboxylic acids is 2.